The quantitative estimate of drug-likeness (QED) is 0.183. The summed E-state index contributed by atoms with van der Waals surface area (Å²) < 4.78 is 10.5. The Morgan fingerprint density at radius 3 is 2.65 bits per heavy atom. The van der Waals surface area contributed by atoms with Gasteiger partial charge in [-0.25, -0.2) is 9.78 Å². The Morgan fingerprint density at radius 1 is 1.38 bits per heavy atom. The molecule has 0 saturated heterocycles. The van der Waals surface area contributed by atoms with E-state index in [1.807, 2.05) is 0 Å². The number of aromatic carboxylic acids is 1. The van der Waals surface area contributed by atoms with Gasteiger partial charge in [0.15, 0.2) is 10.8 Å². The topological polar surface area (TPSA) is 209 Å². The number of fused-ring (bicyclic) bond motifs is 1. The van der Waals surface area contributed by atoms with Crippen molar-refractivity contribution in [3.8, 4) is 11.5 Å². The fourth-order valence-corrected chi connectivity index (χ4v) is 3.48. The van der Waals surface area contributed by atoms with Crippen LogP contribution in [-0.2, 0) is 20.8 Å². The second-order valence-electron chi connectivity index (χ2n) is 7.74. The van der Waals surface area contributed by atoms with Crippen LogP contribution in [0, 0.1) is 0 Å². The van der Waals surface area contributed by atoms with Gasteiger partial charge in [-0.2, -0.15) is 0 Å². The lowest BCUT2D eigenvalue weighted by molar-refractivity contribution is -0.139. The van der Waals surface area contributed by atoms with E-state index < -0.39 is 36.4 Å². The predicted molar refractivity (Wildman–Crippen MR) is 122 cm³/mol. The molecule has 7 N–H and O–H groups in total. The molecule has 0 bridgehead atoms. The van der Waals surface area contributed by atoms with Gasteiger partial charge in [-0.05, 0) is 38.0 Å². The standard InChI is InChI=1S/C19H22BN5O8S/c1-19(2,17(21)29)33-25-13(11-7-34-18(22)23-11)15(26)24-12-5-8-4-9(31-3)6-10(16(27)28)14(8)32-20(12)30/h4,6-7,12,30H,5H2,1-3H3,(H2,21,29)(H2,22,23)(H,24,26)(H,27,28). The number of ether oxygens (including phenoxy) is 1. The molecule has 1 unspecified atom stereocenters. The maximum absolute atomic E-state index is 13.1. The molecule has 13 nitrogen and oxygen atoms in total. The van der Waals surface area contributed by atoms with Gasteiger partial charge in [0.05, 0.1) is 13.1 Å². The molecule has 180 valence electrons. The Labute approximate surface area is 197 Å². The number of carbonyl (C=O) groups excluding carboxylic acids is 2. The van der Waals surface area contributed by atoms with E-state index in [1.165, 1.54) is 32.4 Å². The monoisotopic (exact) mass is 491 g/mol. The van der Waals surface area contributed by atoms with Gasteiger partial charge in [0.2, 0.25) is 5.60 Å². The maximum atomic E-state index is 13.1. The number of thiazole rings is 1. The number of carbonyl (C=O) groups is 3. The third-order valence-electron chi connectivity index (χ3n) is 4.88. The highest BCUT2D eigenvalue weighted by Crippen LogP contribution is 2.34. The number of anilines is 1. The largest absolute Gasteiger partial charge is 0.547 e. The zero-order chi connectivity index (χ0) is 25.2. The van der Waals surface area contributed by atoms with Crippen molar-refractivity contribution in [2.75, 3.05) is 12.8 Å². The average molecular weight is 491 g/mol. The number of nitrogen functional groups attached to an aromatic ring is 1. The van der Waals surface area contributed by atoms with Crippen molar-refractivity contribution in [3.05, 3.63) is 34.3 Å². The van der Waals surface area contributed by atoms with Gasteiger partial charge in [-0.1, -0.05) is 5.16 Å². The number of rotatable bonds is 8. The first-order valence-electron chi connectivity index (χ1n) is 9.80. The van der Waals surface area contributed by atoms with Crippen molar-refractivity contribution in [2.45, 2.75) is 31.8 Å². The number of nitrogens with one attached hydrogen (secondary N) is 1. The zero-order valence-electron chi connectivity index (χ0n) is 18.4. The lowest BCUT2D eigenvalue weighted by Gasteiger charge is -2.29. The number of hydrogen-bond acceptors (Lipinski definition) is 11. The highest BCUT2D eigenvalue weighted by Gasteiger charge is 2.39. The molecule has 34 heavy (non-hydrogen) atoms. The van der Waals surface area contributed by atoms with Crippen LogP contribution in [0.5, 0.6) is 11.5 Å². The minimum atomic E-state index is -1.58. The van der Waals surface area contributed by atoms with Gasteiger partial charge in [0.1, 0.15) is 22.8 Å². The third kappa shape index (κ3) is 5.21. The summed E-state index contributed by atoms with van der Waals surface area (Å²) in [5, 5.41) is 27.9. The van der Waals surface area contributed by atoms with Crippen LogP contribution in [-0.4, -0.2) is 64.4 Å². The van der Waals surface area contributed by atoms with Crippen molar-refractivity contribution in [3.63, 3.8) is 0 Å². The molecule has 15 heteroatoms. The molecule has 3 rings (SSSR count). The van der Waals surface area contributed by atoms with Crippen LogP contribution in [0.2, 0.25) is 0 Å². The van der Waals surface area contributed by atoms with Gasteiger partial charge in [0.25, 0.3) is 11.8 Å². The molecule has 1 atom stereocenters. The molecular weight excluding hydrogens is 469 g/mol. The number of nitrogens with two attached hydrogens (primary N) is 2. The minimum absolute atomic E-state index is 0.0137. The first-order valence-corrected chi connectivity index (χ1v) is 10.7. The summed E-state index contributed by atoms with van der Waals surface area (Å²) in [6.07, 6.45) is 0.0137. The van der Waals surface area contributed by atoms with Crippen molar-refractivity contribution in [1.29, 1.82) is 0 Å². The molecule has 2 aromatic rings. The van der Waals surface area contributed by atoms with Gasteiger partial charge in [-0.15, -0.1) is 11.3 Å². The molecule has 2 amide bonds. The molecule has 0 fully saturated rings. The van der Waals surface area contributed by atoms with Gasteiger partial charge in [-0.3, -0.25) is 9.59 Å². The Hall–Kier alpha value is -3.85. The van der Waals surface area contributed by atoms with E-state index in [9.17, 15) is 24.5 Å². The number of amides is 2. The van der Waals surface area contributed by atoms with Crippen LogP contribution < -0.4 is 26.2 Å². The number of carboxylic acid groups (broad SMARTS) is 1. The highest BCUT2D eigenvalue weighted by atomic mass is 32.1. The van der Waals surface area contributed by atoms with Gasteiger partial charge < -0.3 is 41.1 Å². The number of carboxylic acids is 1. The average Bonchev–Trinajstić information content (AvgIpc) is 3.19. The van der Waals surface area contributed by atoms with Crippen molar-refractivity contribution in [1.82, 2.24) is 10.3 Å². The van der Waals surface area contributed by atoms with E-state index in [4.69, 9.17) is 25.7 Å². The first kappa shape index (κ1) is 24.8. The third-order valence-corrected chi connectivity index (χ3v) is 5.56. The fourth-order valence-electron chi connectivity index (χ4n) is 2.93. The molecule has 0 saturated carbocycles. The highest BCUT2D eigenvalue weighted by molar-refractivity contribution is 7.13. The maximum Gasteiger partial charge on any atom is 0.547 e. The molecular formula is C19H22BN5O8S. The van der Waals surface area contributed by atoms with Crippen molar-refractivity contribution >= 4 is 47.1 Å². The van der Waals surface area contributed by atoms with E-state index in [0.717, 1.165) is 11.3 Å². The van der Waals surface area contributed by atoms with E-state index in [1.54, 1.807) is 6.07 Å². The number of methoxy groups -OCH3 is 1. The van der Waals surface area contributed by atoms with Crippen molar-refractivity contribution < 1.29 is 38.7 Å². The number of oxime groups is 1. The second-order valence-corrected chi connectivity index (χ2v) is 8.63. The summed E-state index contributed by atoms with van der Waals surface area (Å²) in [4.78, 5) is 45.4. The summed E-state index contributed by atoms with van der Waals surface area (Å²) in [6.45, 7) is 2.74. The predicted octanol–water partition coefficient (Wildman–Crippen LogP) is -0.444. The summed E-state index contributed by atoms with van der Waals surface area (Å²) >= 11 is 1.05. The van der Waals surface area contributed by atoms with Crippen LogP contribution in [0.25, 0.3) is 0 Å². The summed E-state index contributed by atoms with van der Waals surface area (Å²) in [7, 11) is -0.200. The van der Waals surface area contributed by atoms with Crippen LogP contribution in [0.15, 0.2) is 22.7 Å². The molecule has 1 aliphatic heterocycles. The number of benzene rings is 1. The molecule has 0 radical (unpaired) electrons. The molecule has 1 aromatic heterocycles. The lowest BCUT2D eigenvalue weighted by atomic mass is 9.72. The summed E-state index contributed by atoms with van der Waals surface area (Å²) in [5.74, 6) is -3.66. The van der Waals surface area contributed by atoms with Crippen LogP contribution >= 0.6 is 11.3 Å². The zero-order valence-corrected chi connectivity index (χ0v) is 19.2. The van der Waals surface area contributed by atoms with Crippen LogP contribution in [0.1, 0.15) is 35.5 Å². The Kier molecular flexibility index (Phi) is 6.97. The Morgan fingerprint density at radius 2 is 2.09 bits per heavy atom. The number of nitrogens with zero attached hydrogens (tertiary/aromatic N) is 2. The van der Waals surface area contributed by atoms with E-state index in [-0.39, 0.29) is 40.0 Å². The SMILES string of the molecule is COc1cc2c(c(C(=O)O)c1)OB(O)C(NC(=O)C(=NOC(C)(C)C(N)=O)c1csc(N)n1)C2. The smallest absolute Gasteiger partial charge is 0.534 e. The fraction of sp³-hybridized carbons (Fsp3) is 0.316. The molecule has 0 spiro atoms. The second kappa shape index (κ2) is 9.57. The minimum Gasteiger partial charge on any atom is -0.534 e. The Bertz CT molecular complexity index is 1170. The molecule has 0 aliphatic carbocycles. The number of aromatic nitrogens is 1. The van der Waals surface area contributed by atoms with E-state index in [0.29, 0.717) is 5.56 Å². The summed E-state index contributed by atoms with van der Waals surface area (Å²) in [5.41, 5.74) is 9.36. The summed E-state index contributed by atoms with van der Waals surface area (Å²) in [6, 6.07) is 2.81. The number of hydrogen-bond donors (Lipinski definition) is 5. The normalized spacial score (nSPS) is 15.7. The van der Waals surface area contributed by atoms with E-state index in [2.05, 4.69) is 15.5 Å². The molecule has 1 aliphatic rings. The molecule has 2 heterocycles. The van der Waals surface area contributed by atoms with Crippen LogP contribution in [0.4, 0.5) is 5.13 Å². The van der Waals surface area contributed by atoms with Crippen molar-refractivity contribution in [2.24, 2.45) is 10.9 Å². The Balaban J connectivity index is 1.89. The first-order chi connectivity index (χ1) is 15.9. The van der Waals surface area contributed by atoms with E-state index >= 15 is 0 Å². The molecule has 1 aromatic carbocycles. The van der Waals surface area contributed by atoms with Gasteiger partial charge in [0, 0.05) is 5.38 Å². The van der Waals surface area contributed by atoms with Gasteiger partial charge >= 0.3 is 13.1 Å². The van der Waals surface area contributed by atoms with Crippen LogP contribution in [0.3, 0.4) is 0 Å². The number of primary amides is 1. The lowest BCUT2D eigenvalue weighted by Crippen LogP contribution is -2.54.